The number of fused-ring (bicyclic) bond motifs is 1. The van der Waals surface area contributed by atoms with Crippen molar-refractivity contribution in [3.63, 3.8) is 0 Å². The van der Waals surface area contributed by atoms with Gasteiger partial charge in [0, 0.05) is 24.4 Å². The number of thioether (sulfide) groups is 1. The summed E-state index contributed by atoms with van der Waals surface area (Å²) in [5.74, 6) is 1.25. The van der Waals surface area contributed by atoms with Crippen molar-refractivity contribution in [2.75, 3.05) is 17.3 Å². The first-order valence-corrected chi connectivity index (χ1v) is 9.95. The molecule has 8 heteroatoms. The van der Waals surface area contributed by atoms with Crippen LogP contribution in [0, 0.1) is 0 Å². The molecule has 0 unspecified atom stereocenters. The van der Waals surface area contributed by atoms with Gasteiger partial charge in [-0.3, -0.25) is 14.0 Å². The lowest BCUT2D eigenvalue weighted by atomic mass is 10.1. The van der Waals surface area contributed by atoms with Gasteiger partial charge in [0.2, 0.25) is 5.91 Å². The molecule has 2 amide bonds. The molecule has 3 rings (SSSR count). The second-order valence-corrected chi connectivity index (χ2v) is 7.04. The molecule has 27 heavy (non-hydrogen) atoms. The van der Waals surface area contributed by atoms with Gasteiger partial charge in [0.05, 0.1) is 6.04 Å². The van der Waals surface area contributed by atoms with Gasteiger partial charge in [0.1, 0.15) is 0 Å². The van der Waals surface area contributed by atoms with E-state index in [9.17, 15) is 9.59 Å². The van der Waals surface area contributed by atoms with Gasteiger partial charge in [-0.05, 0) is 54.8 Å². The summed E-state index contributed by atoms with van der Waals surface area (Å²) in [6.07, 6.45) is 4.67. The summed E-state index contributed by atoms with van der Waals surface area (Å²) < 4.78 is 1.89. The molecule has 2 N–H and O–H groups in total. The van der Waals surface area contributed by atoms with Crippen LogP contribution in [0.5, 0.6) is 0 Å². The third-order valence-corrected chi connectivity index (χ3v) is 4.68. The molecule has 1 atom stereocenters. The minimum atomic E-state index is -0.252. The van der Waals surface area contributed by atoms with Gasteiger partial charge in [0.15, 0.2) is 11.5 Å². The van der Waals surface area contributed by atoms with Crippen molar-refractivity contribution in [2.24, 2.45) is 0 Å². The van der Waals surface area contributed by atoms with Crippen LogP contribution < -0.4 is 10.6 Å². The molecule has 0 saturated heterocycles. The summed E-state index contributed by atoms with van der Waals surface area (Å²) in [5.41, 5.74) is 1.92. The Bertz CT molecular complexity index is 939. The molecule has 0 spiro atoms. The SMILES string of the molecule is CSCC[C@@H](NC(=O)c1ccc(NC(C)=O)cc1)c1nnc2ccccn12. The van der Waals surface area contributed by atoms with Gasteiger partial charge in [0.25, 0.3) is 5.91 Å². The molecule has 140 valence electrons. The molecule has 0 bridgehead atoms. The van der Waals surface area contributed by atoms with Crippen LogP contribution in [0.25, 0.3) is 5.65 Å². The minimum absolute atomic E-state index is 0.150. The first-order chi connectivity index (χ1) is 13.1. The monoisotopic (exact) mass is 383 g/mol. The maximum atomic E-state index is 12.7. The molecule has 2 heterocycles. The van der Waals surface area contributed by atoms with Gasteiger partial charge in [-0.2, -0.15) is 11.8 Å². The summed E-state index contributed by atoms with van der Waals surface area (Å²) in [4.78, 5) is 23.8. The van der Waals surface area contributed by atoms with Crippen molar-refractivity contribution in [2.45, 2.75) is 19.4 Å². The fourth-order valence-electron chi connectivity index (χ4n) is 2.75. The Kier molecular flexibility index (Phi) is 6.08. The molecule has 3 aromatic rings. The molecule has 2 aromatic heterocycles. The number of anilines is 1. The Morgan fingerprint density at radius 1 is 1.15 bits per heavy atom. The Morgan fingerprint density at radius 3 is 2.63 bits per heavy atom. The van der Waals surface area contributed by atoms with E-state index in [1.54, 1.807) is 36.0 Å². The van der Waals surface area contributed by atoms with E-state index in [2.05, 4.69) is 20.8 Å². The Balaban J connectivity index is 1.79. The van der Waals surface area contributed by atoms with Crippen LogP contribution >= 0.6 is 11.8 Å². The van der Waals surface area contributed by atoms with Crippen LogP contribution in [0.2, 0.25) is 0 Å². The smallest absolute Gasteiger partial charge is 0.251 e. The predicted octanol–water partition coefficient (Wildman–Crippen LogP) is 2.91. The summed E-state index contributed by atoms with van der Waals surface area (Å²) in [6.45, 7) is 1.44. The minimum Gasteiger partial charge on any atom is -0.342 e. The maximum Gasteiger partial charge on any atom is 0.251 e. The lowest BCUT2D eigenvalue weighted by Gasteiger charge is -2.17. The average Bonchev–Trinajstić information content (AvgIpc) is 3.09. The van der Waals surface area contributed by atoms with Crippen LogP contribution in [-0.2, 0) is 4.79 Å². The Labute approximate surface area is 161 Å². The highest BCUT2D eigenvalue weighted by Gasteiger charge is 2.20. The van der Waals surface area contributed by atoms with Crippen molar-refractivity contribution < 1.29 is 9.59 Å². The van der Waals surface area contributed by atoms with E-state index in [1.807, 2.05) is 35.1 Å². The molecule has 0 fully saturated rings. The quantitative estimate of drug-likeness (QED) is 0.655. The highest BCUT2D eigenvalue weighted by Crippen LogP contribution is 2.19. The van der Waals surface area contributed by atoms with Crippen molar-refractivity contribution in [3.05, 3.63) is 60.0 Å². The van der Waals surface area contributed by atoms with E-state index in [4.69, 9.17) is 0 Å². The molecular formula is C19H21N5O2S. The number of nitrogens with zero attached hydrogens (tertiary/aromatic N) is 3. The highest BCUT2D eigenvalue weighted by molar-refractivity contribution is 7.98. The zero-order valence-corrected chi connectivity index (χ0v) is 16.0. The summed E-state index contributed by atoms with van der Waals surface area (Å²) in [7, 11) is 0. The van der Waals surface area contributed by atoms with Crippen LogP contribution in [0.1, 0.15) is 35.6 Å². The zero-order valence-electron chi connectivity index (χ0n) is 15.2. The van der Waals surface area contributed by atoms with E-state index in [1.165, 1.54) is 6.92 Å². The topological polar surface area (TPSA) is 88.4 Å². The van der Waals surface area contributed by atoms with Gasteiger partial charge in [-0.1, -0.05) is 6.07 Å². The maximum absolute atomic E-state index is 12.7. The highest BCUT2D eigenvalue weighted by atomic mass is 32.2. The molecular weight excluding hydrogens is 362 g/mol. The standard InChI is InChI=1S/C19H21N5O2S/c1-13(25)20-15-8-6-14(7-9-15)19(26)21-16(10-12-27-2)18-23-22-17-5-3-4-11-24(17)18/h3-9,11,16H,10,12H2,1-2H3,(H,20,25)(H,21,26)/t16-/m1/s1. The Morgan fingerprint density at radius 2 is 1.93 bits per heavy atom. The molecule has 0 aliphatic heterocycles. The number of amides is 2. The number of carbonyl (C=O) groups is 2. The van der Waals surface area contributed by atoms with Gasteiger partial charge >= 0.3 is 0 Å². The predicted molar refractivity (Wildman–Crippen MR) is 107 cm³/mol. The molecule has 7 nitrogen and oxygen atoms in total. The molecule has 0 saturated carbocycles. The molecule has 1 aromatic carbocycles. The number of nitrogens with one attached hydrogen (secondary N) is 2. The van der Waals surface area contributed by atoms with Crippen LogP contribution in [0.3, 0.4) is 0 Å². The fourth-order valence-corrected chi connectivity index (χ4v) is 3.22. The average molecular weight is 383 g/mol. The number of benzene rings is 1. The fraction of sp³-hybridized carbons (Fsp3) is 0.263. The lowest BCUT2D eigenvalue weighted by molar-refractivity contribution is -0.114. The molecule has 0 radical (unpaired) electrons. The summed E-state index contributed by atoms with van der Waals surface area (Å²) >= 11 is 1.71. The first-order valence-electron chi connectivity index (χ1n) is 8.55. The van der Waals surface area contributed by atoms with Crippen molar-refractivity contribution in [3.8, 4) is 0 Å². The number of hydrogen-bond acceptors (Lipinski definition) is 5. The largest absolute Gasteiger partial charge is 0.342 e. The molecule has 0 aliphatic rings. The third kappa shape index (κ3) is 4.65. The van der Waals surface area contributed by atoms with Crippen LogP contribution in [0.4, 0.5) is 5.69 Å². The summed E-state index contributed by atoms with van der Waals surface area (Å²) in [6, 6.07) is 12.2. The van der Waals surface area contributed by atoms with E-state index in [0.717, 1.165) is 17.8 Å². The normalized spacial score (nSPS) is 11.9. The first kappa shape index (κ1) is 18.9. The van der Waals surface area contributed by atoms with E-state index >= 15 is 0 Å². The van der Waals surface area contributed by atoms with Crippen LogP contribution in [-0.4, -0.2) is 38.4 Å². The number of hydrogen-bond donors (Lipinski definition) is 2. The second-order valence-electron chi connectivity index (χ2n) is 6.05. The lowest BCUT2D eigenvalue weighted by Crippen LogP contribution is -2.30. The number of rotatable bonds is 7. The van der Waals surface area contributed by atoms with E-state index < -0.39 is 0 Å². The third-order valence-electron chi connectivity index (χ3n) is 4.04. The van der Waals surface area contributed by atoms with Crippen molar-refractivity contribution >= 4 is 34.9 Å². The van der Waals surface area contributed by atoms with Gasteiger partial charge < -0.3 is 10.6 Å². The number of carbonyl (C=O) groups excluding carboxylic acids is 2. The van der Waals surface area contributed by atoms with E-state index in [0.29, 0.717) is 17.1 Å². The molecule has 0 aliphatic carbocycles. The van der Waals surface area contributed by atoms with Crippen LogP contribution in [0.15, 0.2) is 48.7 Å². The number of aromatic nitrogens is 3. The van der Waals surface area contributed by atoms with Crippen molar-refractivity contribution in [1.29, 1.82) is 0 Å². The van der Waals surface area contributed by atoms with Gasteiger partial charge in [-0.15, -0.1) is 10.2 Å². The Hall–Kier alpha value is -2.87. The van der Waals surface area contributed by atoms with E-state index in [-0.39, 0.29) is 17.9 Å². The van der Waals surface area contributed by atoms with Crippen molar-refractivity contribution in [1.82, 2.24) is 19.9 Å². The zero-order chi connectivity index (χ0) is 19.2. The number of pyridine rings is 1. The van der Waals surface area contributed by atoms with Gasteiger partial charge in [-0.25, -0.2) is 0 Å². The summed E-state index contributed by atoms with van der Waals surface area (Å²) in [5, 5.41) is 14.2. The second kappa shape index (κ2) is 8.68.